The molecule has 2 aromatic heterocycles. The van der Waals surface area contributed by atoms with E-state index in [1.54, 1.807) is 14.0 Å². The number of hydrogen-bond donors (Lipinski definition) is 0. The fraction of sp³-hybridized carbons (Fsp3) is 0.400. The van der Waals surface area contributed by atoms with Crippen LogP contribution in [0.2, 0.25) is 0 Å². The Kier molecular flexibility index (Phi) is 2.97. The summed E-state index contributed by atoms with van der Waals surface area (Å²) in [6.07, 6.45) is 0. The molecule has 2 aromatic rings. The van der Waals surface area contributed by atoms with Gasteiger partial charge in [-0.25, -0.2) is 9.36 Å². The van der Waals surface area contributed by atoms with Gasteiger partial charge in [-0.3, -0.25) is 10.1 Å². The van der Waals surface area contributed by atoms with E-state index in [1.807, 2.05) is 13.8 Å². The Morgan fingerprint density at radius 1 is 1.22 bits per heavy atom. The number of aryl methyl sites for hydroxylation is 3. The molecule has 0 spiro atoms. The molecule has 0 aliphatic rings. The van der Waals surface area contributed by atoms with E-state index in [0.717, 1.165) is 15.9 Å². The summed E-state index contributed by atoms with van der Waals surface area (Å²) in [6.45, 7) is 5.29. The standard InChI is InChI=1S/C10H12BrN5O2/c1-5-8(11)7(3)15(13-5)10-9(16(17)18)6(2)12-14(10)4/h1-4H3. The number of hydrogen-bond acceptors (Lipinski definition) is 4. The minimum absolute atomic E-state index is 0.0180. The van der Waals surface area contributed by atoms with Crippen molar-refractivity contribution in [2.45, 2.75) is 20.8 Å². The molecule has 0 radical (unpaired) electrons. The molecule has 0 aromatic carbocycles. The van der Waals surface area contributed by atoms with Crippen LogP contribution in [0.1, 0.15) is 17.1 Å². The summed E-state index contributed by atoms with van der Waals surface area (Å²) in [5.41, 5.74) is 1.94. The van der Waals surface area contributed by atoms with Gasteiger partial charge in [0, 0.05) is 7.05 Å². The van der Waals surface area contributed by atoms with Crippen molar-refractivity contribution in [2.24, 2.45) is 7.05 Å². The zero-order chi connectivity index (χ0) is 13.6. The number of rotatable bonds is 2. The summed E-state index contributed by atoms with van der Waals surface area (Å²) >= 11 is 3.41. The van der Waals surface area contributed by atoms with E-state index < -0.39 is 4.92 Å². The van der Waals surface area contributed by atoms with E-state index in [1.165, 1.54) is 9.36 Å². The first kappa shape index (κ1) is 12.7. The Hall–Kier alpha value is -1.70. The van der Waals surface area contributed by atoms with Crippen LogP contribution >= 0.6 is 15.9 Å². The molecule has 0 amide bonds. The minimum Gasteiger partial charge on any atom is -0.258 e. The first-order chi connectivity index (χ1) is 8.34. The molecule has 0 bridgehead atoms. The van der Waals surface area contributed by atoms with Gasteiger partial charge in [0.1, 0.15) is 5.69 Å². The highest BCUT2D eigenvalue weighted by atomic mass is 79.9. The third kappa shape index (κ3) is 1.72. The molecular formula is C10H12BrN5O2. The second-order valence-electron chi connectivity index (χ2n) is 4.03. The number of aromatic nitrogens is 4. The van der Waals surface area contributed by atoms with E-state index >= 15 is 0 Å². The largest absolute Gasteiger partial charge is 0.336 e. The average molecular weight is 314 g/mol. The van der Waals surface area contributed by atoms with Crippen molar-refractivity contribution in [3.8, 4) is 5.82 Å². The van der Waals surface area contributed by atoms with Gasteiger partial charge in [0.25, 0.3) is 0 Å². The predicted molar refractivity (Wildman–Crippen MR) is 68.9 cm³/mol. The first-order valence-corrected chi connectivity index (χ1v) is 6.04. The highest BCUT2D eigenvalue weighted by Gasteiger charge is 2.27. The van der Waals surface area contributed by atoms with Crippen LogP contribution in [0.15, 0.2) is 4.47 Å². The Bertz CT molecular complexity index is 643. The molecule has 0 N–H and O–H groups in total. The second-order valence-corrected chi connectivity index (χ2v) is 4.83. The fourth-order valence-electron chi connectivity index (χ4n) is 1.92. The van der Waals surface area contributed by atoms with Gasteiger partial charge in [-0.15, -0.1) is 0 Å². The number of nitrogens with zero attached hydrogens (tertiary/aromatic N) is 5. The van der Waals surface area contributed by atoms with Crippen LogP contribution < -0.4 is 0 Å². The molecule has 2 heterocycles. The molecule has 0 atom stereocenters. The number of halogens is 1. The molecule has 0 saturated carbocycles. The molecule has 0 aliphatic heterocycles. The summed E-state index contributed by atoms with van der Waals surface area (Å²) in [7, 11) is 1.67. The third-order valence-corrected chi connectivity index (χ3v) is 3.89. The summed E-state index contributed by atoms with van der Waals surface area (Å²) in [4.78, 5) is 10.7. The van der Waals surface area contributed by atoms with Gasteiger partial charge in [0.2, 0.25) is 5.82 Å². The summed E-state index contributed by atoms with van der Waals surface area (Å²) in [5.74, 6) is 0.365. The Morgan fingerprint density at radius 2 is 1.83 bits per heavy atom. The second kappa shape index (κ2) is 4.20. The maximum absolute atomic E-state index is 11.1. The molecular weight excluding hydrogens is 302 g/mol. The molecule has 0 unspecified atom stereocenters. The zero-order valence-electron chi connectivity index (χ0n) is 10.4. The van der Waals surface area contributed by atoms with E-state index in [2.05, 4.69) is 26.1 Å². The van der Waals surface area contributed by atoms with Gasteiger partial charge >= 0.3 is 5.69 Å². The average Bonchev–Trinajstić information content (AvgIpc) is 2.70. The van der Waals surface area contributed by atoms with Crippen LogP contribution in [-0.4, -0.2) is 24.5 Å². The van der Waals surface area contributed by atoms with Gasteiger partial charge in [-0.05, 0) is 36.7 Å². The molecule has 8 heteroatoms. The topological polar surface area (TPSA) is 78.8 Å². The van der Waals surface area contributed by atoms with Crippen LogP contribution in [-0.2, 0) is 7.05 Å². The van der Waals surface area contributed by atoms with Crippen molar-refractivity contribution >= 4 is 21.6 Å². The Labute approximate surface area is 112 Å². The van der Waals surface area contributed by atoms with Gasteiger partial charge in [0.15, 0.2) is 0 Å². The molecule has 2 rings (SSSR count). The SMILES string of the molecule is Cc1nn(-c2c([N+](=O)[O-])c(C)nn2C)c(C)c1Br. The minimum atomic E-state index is -0.429. The van der Waals surface area contributed by atoms with Crippen LogP contribution in [0.5, 0.6) is 0 Å². The fourth-order valence-corrected chi connectivity index (χ4v) is 2.16. The molecule has 7 nitrogen and oxygen atoms in total. The normalized spacial score (nSPS) is 10.9. The highest BCUT2D eigenvalue weighted by Crippen LogP contribution is 2.29. The van der Waals surface area contributed by atoms with Crippen molar-refractivity contribution in [1.82, 2.24) is 19.6 Å². The summed E-state index contributed by atoms with van der Waals surface area (Å²) in [5, 5.41) is 19.5. The van der Waals surface area contributed by atoms with Crippen molar-refractivity contribution in [3.63, 3.8) is 0 Å². The van der Waals surface area contributed by atoms with Crippen molar-refractivity contribution < 1.29 is 4.92 Å². The molecule has 96 valence electrons. The molecule has 18 heavy (non-hydrogen) atoms. The quantitative estimate of drug-likeness (QED) is 0.629. The van der Waals surface area contributed by atoms with E-state index in [-0.39, 0.29) is 5.69 Å². The highest BCUT2D eigenvalue weighted by molar-refractivity contribution is 9.10. The maximum Gasteiger partial charge on any atom is 0.336 e. The lowest BCUT2D eigenvalue weighted by atomic mass is 10.3. The lowest BCUT2D eigenvalue weighted by Crippen LogP contribution is -2.08. The van der Waals surface area contributed by atoms with Gasteiger partial charge in [0.05, 0.1) is 20.8 Å². The van der Waals surface area contributed by atoms with Crippen molar-refractivity contribution in [1.29, 1.82) is 0 Å². The lowest BCUT2D eigenvalue weighted by molar-refractivity contribution is -0.385. The van der Waals surface area contributed by atoms with E-state index in [9.17, 15) is 10.1 Å². The number of nitro groups is 1. The van der Waals surface area contributed by atoms with Crippen molar-refractivity contribution in [3.05, 3.63) is 31.7 Å². The Balaban J connectivity index is 2.78. The first-order valence-electron chi connectivity index (χ1n) is 5.24. The Morgan fingerprint density at radius 3 is 2.28 bits per heavy atom. The monoisotopic (exact) mass is 313 g/mol. The van der Waals surface area contributed by atoms with Crippen molar-refractivity contribution in [2.75, 3.05) is 0 Å². The van der Waals surface area contributed by atoms with Gasteiger partial charge in [-0.2, -0.15) is 10.2 Å². The van der Waals surface area contributed by atoms with Gasteiger partial charge < -0.3 is 0 Å². The zero-order valence-corrected chi connectivity index (χ0v) is 12.0. The van der Waals surface area contributed by atoms with E-state index in [0.29, 0.717) is 11.5 Å². The third-order valence-electron chi connectivity index (χ3n) is 2.75. The van der Waals surface area contributed by atoms with Crippen LogP contribution in [0.3, 0.4) is 0 Å². The lowest BCUT2D eigenvalue weighted by Gasteiger charge is -2.03. The van der Waals surface area contributed by atoms with E-state index in [4.69, 9.17) is 0 Å². The molecule has 0 fully saturated rings. The summed E-state index contributed by atoms with van der Waals surface area (Å²) in [6, 6.07) is 0. The van der Waals surface area contributed by atoms with Crippen LogP contribution in [0.25, 0.3) is 5.82 Å². The maximum atomic E-state index is 11.1. The van der Waals surface area contributed by atoms with Crippen LogP contribution in [0.4, 0.5) is 5.69 Å². The summed E-state index contributed by atoms with van der Waals surface area (Å²) < 4.78 is 3.85. The predicted octanol–water partition coefficient (Wildman–Crippen LogP) is 2.20. The smallest absolute Gasteiger partial charge is 0.258 e. The molecule has 0 saturated heterocycles. The molecule has 0 aliphatic carbocycles. The van der Waals surface area contributed by atoms with Crippen LogP contribution in [0, 0.1) is 30.9 Å². The van der Waals surface area contributed by atoms with Gasteiger partial charge in [-0.1, -0.05) is 0 Å².